The van der Waals surface area contributed by atoms with Crippen molar-refractivity contribution in [3.05, 3.63) is 30.2 Å². The minimum absolute atomic E-state index is 0.124. The van der Waals surface area contributed by atoms with E-state index in [1.54, 1.807) is 7.11 Å². The lowest BCUT2D eigenvalue weighted by atomic mass is 10.1. The Morgan fingerprint density at radius 2 is 1.88 bits per heavy atom. The van der Waals surface area contributed by atoms with E-state index in [0.717, 1.165) is 31.7 Å². The minimum atomic E-state index is 0.124. The lowest BCUT2D eigenvalue weighted by Gasteiger charge is -2.26. The summed E-state index contributed by atoms with van der Waals surface area (Å²) in [6, 6.07) is 7.25. The second-order valence-electron chi connectivity index (χ2n) is 5.66. The molecule has 0 N–H and O–H groups in total. The molecule has 0 spiro atoms. The molecule has 1 aliphatic heterocycles. The first kappa shape index (κ1) is 17.6. The SMILES string of the molecule is COc1ccc(OCc2nnc(SCC(=O)N3CCCCC3)o2)cc1. The monoisotopic (exact) mass is 363 g/mol. The molecule has 134 valence electrons. The number of likely N-dealkylation sites (tertiary alicyclic amines) is 1. The third-order valence-corrected chi connectivity index (χ3v) is 4.70. The highest BCUT2D eigenvalue weighted by atomic mass is 32.2. The van der Waals surface area contributed by atoms with Gasteiger partial charge in [0.25, 0.3) is 11.1 Å². The number of aromatic nitrogens is 2. The van der Waals surface area contributed by atoms with Gasteiger partial charge in [-0.05, 0) is 43.5 Å². The van der Waals surface area contributed by atoms with Crippen LogP contribution in [0.2, 0.25) is 0 Å². The summed E-state index contributed by atoms with van der Waals surface area (Å²) in [6.45, 7) is 1.88. The van der Waals surface area contributed by atoms with Gasteiger partial charge in [0.2, 0.25) is 5.91 Å². The molecule has 2 heterocycles. The fourth-order valence-corrected chi connectivity index (χ4v) is 3.21. The molecule has 1 aromatic carbocycles. The van der Waals surface area contributed by atoms with Crippen LogP contribution in [0, 0.1) is 0 Å². The number of benzene rings is 1. The molecular weight excluding hydrogens is 342 g/mol. The summed E-state index contributed by atoms with van der Waals surface area (Å²) in [5, 5.41) is 8.28. The third-order valence-electron chi connectivity index (χ3n) is 3.90. The molecule has 25 heavy (non-hydrogen) atoms. The molecule has 1 aliphatic rings. The van der Waals surface area contributed by atoms with E-state index in [9.17, 15) is 4.79 Å². The molecule has 2 aromatic rings. The maximum Gasteiger partial charge on any atom is 0.277 e. The van der Waals surface area contributed by atoms with E-state index in [2.05, 4.69) is 10.2 Å². The van der Waals surface area contributed by atoms with E-state index in [1.165, 1.54) is 18.2 Å². The summed E-state index contributed by atoms with van der Waals surface area (Å²) in [6.07, 6.45) is 3.38. The standard InChI is InChI=1S/C17H21N3O4S/c1-22-13-5-7-14(8-6-13)23-11-15-18-19-17(24-15)25-12-16(21)20-9-3-2-4-10-20/h5-8H,2-4,9-12H2,1H3. The quantitative estimate of drug-likeness (QED) is 0.700. The number of hydrogen-bond acceptors (Lipinski definition) is 7. The van der Waals surface area contributed by atoms with Gasteiger partial charge in [-0.15, -0.1) is 10.2 Å². The Hall–Kier alpha value is -2.22. The van der Waals surface area contributed by atoms with Crippen LogP contribution >= 0.6 is 11.8 Å². The predicted octanol–water partition coefficient (Wildman–Crippen LogP) is 2.76. The number of amides is 1. The van der Waals surface area contributed by atoms with Crippen LogP contribution in [-0.4, -0.2) is 47.0 Å². The van der Waals surface area contributed by atoms with Gasteiger partial charge in [0.1, 0.15) is 11.5 Å². The van der Waals surface area contributed by atoms with Crippen LogP contribution in [0.25, 0.3) is 0 Å². The highest BCUT2D eigenvalue weighted by molar-refractivity contribution is 7.99. The lowest BCUT2D eigenvalue weighted by Crippen LogP contribution is -2.36. The van der Waals surface area contributed by atoms with Gasteiger partial charge in [0.15, 0.2) is 6.61 Å². The summed E-state index contributed by atoms with van der Waals surface area (Å²) in [7, 11) is 1.61. The Labute approximate surface area is 150 Å². The fourth-order valence-electron chi connectivity index (χ4n) is 2.53. The van der Waals surface area contributed by atoms with Gasteiger partial charge in [0, 0.05) is 13.1 Å². The molecule has 0 atom stereocenters. The second-order valence-corrected chi connectivity index (χ2v) is 6.58. The Bertz CT molecular complexity index is 683. The third kappa shape index (κ3) is 5.12. The zero-order valence-corrected chi connectivity index (χ0v) is 15.0. The summed E-state index contributed by atoms with van der Waals surface area (Å²) < 4.78 is 16.2. The van der Waals surface area contributed by atoms with Crippen molar-refractivity contribution in [2.75, 3.05) is 26.0 Å². The molecule has 1 fully saturated rings. The largest absolute Gasteiger partial charge is 0.497 e. The molecular formula is C17H21N3O4S. The first-order valence-electron chi connectivity index (χ1n) is 8.24. The van der Waals surface area contributed by atoms with Crippen LogP contribution in [0.15, 0.2) is 33.9 Å². The average Bonchev–Trinajstić information content (AvgIpc) is 3.13. The minimum Gasteiger partial charge on any atom is -0.497 e. The molecule has 8 heteroatoms. The van der Waals surface area contributed by atoms with Crippen molar-refractivity contribution in [1.82, 2.24) is 15.1 Å². The first-order valence-corrected chi connectivity index (χ1v) is 9.23. The normalized spacial score (nSPS) is 14.4. The molecule has 3 rings (SSSR count). The van der Waals surface area contributed by atoms with E-state index in [0.29, 0.717) is 22.6 Å². The van der Waals surface area contributed by atoms with Gasteiger partial charge < -0.3 is 18.8 Å². The second kappa shape index (κ2) is 8.75. The number of ether oxygens (including phenoxy) is 2. The van der Waals surface area contributed by atoms with Crippen molar-refractivity contribution >= 4 is 17.7 Å². The van der Waals surface area contributed by atoms with Crippen LogP contribution in [0.3, 0.4) is 0 Å². The van der Waals surface area contributed by atoms with Gasteiger partial charge in [-0.3, -0.25) is 4.79 Å². The number of hydrogen-bond donors (Lipinski definition) is 0. The lowest BCUT2D eigenvalue weighted by molar-refractivity contribution is -0.129. The molecule has 0 radical (unpaired) electrons. The number of carbonyl (C=O) groups excluding carboxylic acids is 1. The molecule has 0 aliphatic carbocycles. The van der Waals surface area contributed by atoms with Gasteiger partial charge in [-0.25, -0.2) is 0 Å². The fraction of sp³-hybridized carbons (Fsp3) is 0.471. The highest BCUT2D eigenvalue weighted by Crippen LogP contribution is 2.20. The number of methoxy groups -OCH3 is 1. The maximum atomic E-state index is 12.1. The van der Waals surface area contributed by atoms with E-state index in [-0.39, 0.29) is 12.5 Å². The summed E-state index contributed by atoms with van der Waals surface area (Å²) in [5.41, 5.74) is 0. The first-order chi connectivity index (χ1) is 12.2. The van der Waals surface area contributed by atoms with Crippen molar-refractivity contribution in [3.63, 3.8) is 0 Å². The smallest absolute Gasteiger partial charge is 0.277 e. The molecule has 1 amide bonds. The molecule has 1 saturated heterocycles. The molecule has 1 aromatic heterocycles. The molecule has 0 saturated carbocycles. The number of thioether (sulfide) groups is 1. The molecule has 0 unspecified atom stereocenters. The zero-order chi connectivity index (χ0) is 17.5. The Morgan fingerprint density at radius 3 is 2.60 bits per heavy atom. The molecule has 7 nitrogen and oxygen atoms in total. The molecule has 0 bridgehead atoms. The maximum absolute atomic E-state index is 12.1. The highest BCUT2D eigenvalue weighted by Gasteiger charge is 2.18. The van der Waals surface area contributed by atoms with Crippen LogP contribution in [0.4, 0.5) is 0 Å². The summed E-state index contributed by atoms with van der Waals surface area (Å²) in [4.78, 5) is 14.0. The summed E-state index contributed by atoms with van der Waals surface area (Å²) >= 11 is 1.27. The average molecular weight is 363 g/mol. The van der Waals surface area contributed by atoms with E-state index in [4.69, 9.17) is 13.9 Å². The zero-order valence-electron chi connectivity index (χ0n) is 14.1. The summed E-state index contributed by atoms with van der Waals surface area (Å²) in [5.74, 6) is 2.28. The van der Waals surface area contributed by atoms with E-state index < -0.39 is 0 Å². The topological polar surface area (TPSA) is 77.7 Å². The van der Waals surface area contributed by atoms with Crippen molar-refractivity contribution in [2.45, 2.75) is 31.1 Å². The van der Waals surface area contributed by atoms with Gasteiger partial charge in [-0.1, -0.05) is 11.8 Å². The van der Waals surface area contributed by atoms with Gasteiger partial charge in [0.05, 0.1) is 12.9 Å². The van der Waals surface area contributed by atoms with Gasteiger partial charge >= 0.3 is 0 Å². The number of piperidine rings is 1. The Morgan fingerprint density at radius 1 is 1.16 bits per heavy atom. The van der Waals surface area contributed by atoms with Crippen molar-refractivity contribution in [1.29, 1.82) is 0 Å². The predicted molar refractivity (Wildman–Crippen MR) is 92.8 cm³/mol. The van der Waals surface area contributed by atoms with Crippen LogP contribution in [0.5, 0.6) is 11.5 Å². The van der Waals surface area contributed by atoms with Crippen LogP contribution in [-0.2, 0) is 11.4 Å². The Kier molecular flexibility index (Phi) is 6.16. The van der Waals surface area contributed by atoms with Crippen LogP contribution < -0.4 is 9.47 Å². The Balaban J connectivity index is 1.44. The number of carbonyl (C=O) groups is 1. The van der Waals surface area contributed by atoms with E-state index >= 15 is 0 Å². The van der Waals surface area contributed by atoms with Gasteiger partial charge in [-0.2, -0.15) is 0 Å². The van der Waals surface area contributed by atoms with Crippen molar-refractivity contribution < 1.29 is 18.7 Å². The van der Waals surface area contributed by atoms with Crippen molar-refractivity contribution in [2.24, 2.45) is 0 Å². The number of nitrogens with zero attached hydrogens (tertiary/aromatic N) is 3. The van der Waals surface area contributed by atoms with E-state index in [1.807, 2.05) is 29.2 Å². The van der Waals surface area contributed by atoms with Crippen molar-refractivity contribution in [3.8, 4) is 11.5 Å². The van der Waals surface area contributed by atoms with Crippen LogP contribution in [0.1, 0.15) is 25.2 Å². The number of rotatable bonds is 7.